The minimum atomic E-state index is 0.419. The fourth-order valence-corrected chi connectivity index (χ4v) is 23.6. The lowest BCUT2D eigenvalue weighted by atomic mass is 9.94. The van der Waals surface area contributed by atoms with Crippen LogP contribution in [0.2, 0.25) is 0 Å². The molecule has 9 aromatic heterocycles. The molecule has 0 bridgehead atoms. The summed E-state index contributed by atoms with van der Waals surface area (Å²) < 4.78 is 32.3. The van der Waals surface area contributed by atoms with E-state index in [-0.39, 0.29) is 0 Å². The molecule has 0 saturated heterocycles. The molecule has 0 radical (unpaired) electrons. The van der Waals surface area contributed by atoms with Gasteiger partial charge in [-0.15, -0.1) is 0 Å². The van der Waals surface area contributed by atoms with Crippen LogP contribution in [0.5, 0.6) is 0 Å². The number of rotatable bonds is 9. The minimum Gasteiger partial charge on any atom is -0.456 e. The minimum absolute atomic E-state index is 0.419. The van der Waals surface area contributed by atoms with Gasteiger partial charge in [-0.1, -0.05) is 273 Å². The number of hydrogen-bond donors (Lipinski definition) is 0. The van der Waals surface area contributed by atoms with Crippen molar-refractivity contribution in [1.82, 2.24) is 27.4 Å². The average molecular weight is 1890 g/mol. The molecule has 0 saturated carbocycles. The number of nitrogens with zero attached hydrogens (tertiary/aromatic N) is 12. The Morgan fingerprint density at radius 2 is 0.642 bits per heavy atom. The van der Waals surface area contributed by atoms with Gasteiger partial charge in [-0.3, -0.25) is 0 Å². The summed E-state index contributed by atoms with van der Waals surface area (Å²) >= 11 is 0. The normalized spacial score (nSPS) is 11.6. The second-order valence-corrected chi connectivity index (χ2v) is 37.4. The monoisotopic (exact) mass is 1890 g/mol. The van der Waals surface area contributed by atoms with Gasteiger partial charge in [-0.25, -0.2) is 4.85 Å². The average Bonchev–Trinajstić information content (AvgIpc) is 1.57. The molecule has 15 heteroatoms. The number of hydrogen-bond acceptors (Lipinski definition) is 8. The molecule has 0 atom stereocenters. The van der Waals surface area contributed by atoms with E-state index in [4.69, 9.17) is 19.8 Å². The molecular weight excluding hydrogens is 1810 g/mol. The van der Waals surface area contributed by atoms with Crippen molar-refractivity contribution in [3.05, 3.63) is 476 Å². The quantitative estimate of drug-likeness (QED) is 0.127. The van der Waals surface area contributed by atoms with Crippen LogP contribution >= 0.6 is 0 Å². The Morgan fingerprint density at radius 3 is 1.22 bits per heavy atom. The van der Waals surface area contributed by atoms with Crippen LogP contribution in [-0.4, -0.2) is 27.4 Å². The topological polar surface area (TPSA) is 192 Å². The van der Waals surface area contributed by atoms with Gasteiger partial charge < -0.3 is 40.7 Å². The van der Waals surface area contributed by atoms with Crippen LogP contribution in [0.1, 0.15) is 33.4 Å². The van der Waals surface area contributed by atoms with E-state index in [1.807, 2.05) is 195 Å². The Labute approximate surface area is 843 Å². The summed E-state index contributed by atoms with van der Waals surface area (Å²) in [6, 6.07) is 158. The van der Waals surface area contributed by atoms with Crippen molar-refractivity contribution < 1.29 is 13.3 Å². The Morgan fingerprint density at radius 1 is 0.223 bits per heavy atom. The van der Waals surface area contributed by atoms with Crippen LogP contribution < -0.4 is 0 Å². The third-order valence-corrected chi connectivity index (χ3v) is 29.7. The number of aromatic nitrogens is 6. The summed E-state index contributed by atoms with van der Waals surface area (Å²) in [5.41, 5.74) is 30.9. The molecular formula is C133H74N12O3. The van der Waals surface area contributed by atoms with E-state index in [9.17, 15) is 26.3 Å². The third-order valence-electron chi connectivity index (χ3n) is 29.7. The Bertz CT molecular complexity index is 11200. The predicted octanol–water partition coefficient (Wildman–Crippen LogP) is 34.6. The zero-order valence-electron chi connectivity index (χ0n) is 79.1. The molecule has 0 fully saturated rings. The molecule has 0 spiro atoms. The second-order valence-electron chi connectivity index (χ2n) is 37.4. The summed E-state index contributed by atoms with van der Waals surface area (Å²) in [7, 11) is 0. The van der Waals surface area contributed by atoms with Crippen molar-refractivity contribution >= 4 is 202 Å². The molecule has 684 valence electrons. The van der Waals surface area contributed by atoms with Crippen molar-refractivity contribution in [2.75, 3.05) is 0 Å². The largest absolute Gasteiger partial charge is 0.456 e. The molecule has 15 nitrogen and oxygen atoms in total. The maximum Gasteiger partial charge on any atom is 0.211 e. The number of benzene rings is 21. The van der Waals surface area contributed by atoms with E-state index in [1.165, 1.54) is 0 Å². The highest BCUT2D eigenvalue weighted by atomic mass is 16.3. The van der Waals surface area contributed by atoms with E-state index in [0.29, 0.717) is 39.2 Å². The van der Waals surface area contributed by atoms with Gasteiger partial charge in [0.05, 0.1) is 146 Å². The molecule has 148 heavy (non-hydrogen) atoms. The van der Waals surface area contributed by atoms with Crippen LogP contribution in [0.4, 0.5) is 5.69 Å². The van der Waals surface area contributed by atoms with Crippen molar-refractivity contribution in [3.63, 3.8) is 0 Å². The lowest BCUT2D eigenvalue weighted by Crippen LogP contribution is -2.04. The third kappa shape index (κ3) is 12.6. The highest BCUT2D eigenvalue weighted by Crippen LogP contribution is 2.51. The van der Waals surface area contributed by atoms with E-state index in [0.717, 1.165) is 264 Å². The summed E-state index contributed by atoms with van der Waals surface area (Å²) in [6.07, 6.45) is 0. The lowest BCUT2D eigenvalue weighted by molar-refractivity contribution is 0.669. The first-order valence-electron chi connectivity index (χ1n) is 48.8. The summed E-state index contributed by atoms with van der Waals surface area (Å²) in [5, 5.41) is 72.8. The smallest absolute Gasteiger partial charge is 0.211 e. The van der Waals surface area contributed by atoms with Crippen LogP contribution in [0.25, 0.3) is 269 Å². The number of furan rings is 3. The maximum absolute atomic E-state index is 11.1. The highest BCUT2D eigenvalue weighted by molar-refractivity contribution is 6.29. The molecule has 0 aliphatic carbocycles. The van der Waals surface area contributed by atoms with Gasteiger partial charge in [0.15, 0.2) is 0 Å². The van der Waals surface area contributed by atoms with Gasteiger partial charge in [-0.2, -0.15) is 26.3 Å². The van der Waals surface area contributed by atoms with E-state index < -0.39 is 0 Å². The molecule has 0 unspecified atom stereocenters. The fraction of sp³-hybridized carbons (Fsp3) is 0.00752. The van der Waals surface area contributed by atoms with Crippen LogP contribution in [0.15, 0.2) is 444 Å². The fourth-order valence-electron chi connectivity index (χ4n) is 23.6. The van der Waals surface area contributed by atoms with E-state index >= 15 is 0 Å². The van der Waals surface area contributed by atoms with Crippen LogP contribution in [-0.2, 0) is 0 Å². The molecule has 0 amide bonds. The lowest BCUT2D eigenvalue weighted by Gasteiger charge is -2.19. The van der Waals surface area contributed by atoms with Gasteiger partial charge in [0.1, 0.15) is 57.8 Å². The van der Waals surface area contributed by atoms with Crippen molar-refractivity contribution in [1.29, 1.82) is 26.3 Å². The zero-order valence-corrected chi connectivity index (χ0v) is 79.1. The van der Waals surface area contributed by atoms with Crippen LogP contribution in [0, 0.1) is 70.2 Å². The van der Waals surface area contributed by atoms with Gasteiger partial charge in [-0.05, 0) is 181 Å². The number of fused-ring (bicyclic) bond motifs is 29. The van der Waals surface area contributed by atoms with E-state index in [1.54, 1.807) is 0 Å². The summed E-state index contributed by atoms with van der Waals surface area (Å²) in [4.78, 5) is 4.05. The molecule has 0 aliphatic heterocycles. The van der Waals surface area contributed by atoms with Gasteiger partial charge in [0, 0.05) is 114 Å². The second kappa shape index (κ2) is 33.5. The molecule has 30 rings (SSSR count). The number of nitriles is 5. The maximum atomic E-state index is 11.1. The first kappa shape index (κ1) is 84.8. The van der Waals surface area contributed by atoms with Gasteiger partial charge in [0.2, 0.25) is 5.69 Å². The highest BCUT2D eigenvalue weighted by Gasteiger charge is 2.31. The SMILES string of the molecule is N#Cc1ccc(-c2ccccc2-n2c3ccccc3c3ccccc32)c(C#N)c1-n1c2ccccc2c2c3oc4ccccc4c3ccc21.N#Cc1ccc(-n2c3ccccc3c3ccccc32)c(-c2cccc(-n3c4ccccc4c4c5c(ccc43)oc3ccccc35)c2C#N)c1.[C-]#[N+]c1cccc(-c2cc(C)c(C#N)c(-n3c4ccccc4c4cc5oc6ccccc6c5cc43)c2)c1-n1c2ccccc2c2ccccc21. The molecule has 0 aliphatic rings. The Balaban J connectivity index is 0.000000107. The standard InChI is InChI=1S/C45H26N4O.2C44H24N4O/c1-27-22-28(29-16-11-17-37(47-2)45(29)49-39-19-8-3-12-30(39)31-13-4-9-20-40(31)49)23-41(36(27)26-46)48-38-18-7-5-14-32(38)34-25-44-35(24-42(34)48)33-15-6-10-21-43(33)50-44;45-25-27-21-22-28(29-11-1-6-16-36(29)47-37-17-7-2-12-30(37)31-13-3-8-18-38(31)47)35(26-46)43(27)48-39-19-9-4-15-34(39)42-40(48)24-23-33-32-14-5-10-20-41(32)49-44(33)42;45-25-27-20-21-39(47-35-15-5-1-10-29(35)30-11-2-6-16-36(30)47)33(24-27)28-14-9-18-38(34(28)26-46)48-37-17-7-3-12-31(37)43-40(48)22-23-42-44(43)32-13-4-8-19-41(32)49-42/h3-25H,1H3;2*1-24H. The molecule has 9 heterocycles. The van der Waals surface area contributed by atoms with Gasteiger partial charge >= 0.3 is 0 Å². The predicted molar refractivity (Wildman–Crippen MR) is 598 cm³/mol. The van der Waals surface area contributed by atoms with Crippen molar-refractivity contribution in [2.24, 2.45) is 0 Å². The Kier molecular flexibility index (Phi) is 19.2. The first-order valence-corrected chi connectivity index (χ1v) is 48.8. The van der Waals surface area contributed by atoms with Crippen molar-refractivity contribution in [2.45, 2.75) is 6.92 Å². The molecule has 21 aromatic carbocycles. The zero-order chi connectivity index (χ0) is 98.8. The Hall–Kier alpha value is -21.2. The number of aryl methyl sites for hydroxylation is 1. The summed E-state index contributed by atoms with van der Waals surface area (Å²) in [6.45, 7) is 10.3. The first-order chi connectivity index (χ1) is 73.1. The van der Waals surface area contributed by atoms with Gasteiger partial charge in [0.25, 0.3) is 0 Å². The summed E-state index contributed by atoms with van der Waals surface area (Å²) in [5.74, 6) is 0. The van der Waals surface area contributed by atoms with Crippen molar-refractivity contribution in [3.8, 4) is 97.9 Å². The number of para-hydroxylation sites is 14. The van der Waals surface area contributed by atoms with E-state index in [2.05, 4.69) is 305 Å². The van der Waals surface area contributed by atoms with Crippen LogP contribution in [0.3, 0.4) is 0 Å². The molecule has 30 aromatic rings. The molecule has 0 N–H and O–H groups in total.